The van der Waals surface area contributed by atoms with Gasteiger partial charge in [0.15, 0.2) is 0 Å². The number of aryl methyl sites for hydroxylation is 2. The van der Waals surface area contributed by atoms with Gasteiger partial charge in [-0.3, -0.25) is 0 Å². The smallest absolute Gasteiger partial charge is 0.130 e. The van der Waals surface area contributed by atoms with E-state index in [2.05, 4.69) is 16.5 Å². The highest BCUT2D eigenvalue weighted by Gasteiger charge is 2.10. The molecule has 108 valence electrons. The fourth-order valence-corrected chi connectivity index (χ4v) is 2.19. The van der Waals surface area contributed by atoms with E-state index in [4.69, 9.17) is 4.74 Å². The maximum absolute atomic E-state index is 9.83. The van der Waals surface area contributed by atoms with Crippen LogP contribution in [0.3, 0.4) is 0 Å². The number of aliphatic hydroxyl groups is 1. The summed E-state index contributed by atoms with van der Waals surface area (Å²) in [4.78, 5) is 4.16. The first-order valence-corrected chi connectivity index (χ1v) is 7.02. The third kappa shape index (κ3) is 3.39. The summed E-state index contributed by atoms with van der Waals surface area (Å²) in [5, 5.41) is 9.83. The second kappa shape index (κ2) is 6.57. The standard InChI is InChI=1S/C16H22N2O2/c1-4-7-18-11-17-9-14(18)10-20-16-6-5-12(2)8-15(16)13(3)19/h5-6,8-9,11,13,19H,4,7,10H2,1-3H3/t13-/m1/s1. The van der Waals surface area contributed by atoms with Gasteiger partial charge in [0, 0.05) is 12.1 Å². The molecular weight excluding hydrogens is 252 g/mol. The van der Waals surface area contributed by atoms with Crippen LogP contribution in [0.2, 0.25) is 0 Å². The van der Waals surface area contributed by atoms with E-state index in [1.165, 1.54) is 0 Å². The Balaban J connectivity index is 2.12. The van der Waals surface area contributed by atoms with Gasteiger partial charge in [-0.1, -0.05) is 18.6 Å². The van der Waals surface area contributed by atoms with E-state index in [0.717, 1.165) is 35.5 Å². The minimum atomic E-state index is -0.537. The average Bonchev–Trinajstić information content (AvgIpc) is 2.85. The lowest BCUT2D eigenvalue weighted by Crippen LogP contribution is -2.06. The summed E-state index contributed by atoms with van der Waals surface area (Å²) in [6.07, 6.45) is 4.18. The predicted molar refractivity (Wildman–Crippen MR) is 78.7 cm³/mol. The van der Waals surface area contributed by atoms with Crippen LogP contribution in [-0.4, -0.2) is 14.7 Å². The Kier molecular flexibility index (Phi) is 4.79. The van der Waals surface area contributed by atoms with Gasteiger partial charge in [0.05, 0.1) is 24.3 Å². The first-order valence-electron chi connectivity index (χ1n) is 7.02. The molecule has 4 heteroatoms. The van der Waals surface area contributed by atoms with Gasteiger partial charge >= 0.3 is 0 Å². The molecule has 0 aliphatic rings. The van der Waals surface area contributed by atoms with E-state index in [0.29, 0.717) is 6.61 Å². The Labute approximate surface area is 120 Å². The SMILES string of the molecule is CCCn1cncc1COc1ccc(C)cc1[C@@H](C)O. The van der Waals surface area contributed by atoms with Gasteiger partial charge in [-0.2, -0.15) is 0 Å². The molecule has 1 heterocycles. The Hall–Kier alpha value is -1.81. The van der Waals surface area contributed by atoms with Crippen LogP contribution in [0.25, 0.3) is 0 Å². The quantitative estimate of drug-likeness (QED) is 0.879. The maximum Gasteiger partial charge on any atom is 0.130 e. The molecule has 2 aromatic rings. The summed E-state index contributed by atoms with van der Waals surface area (Å²) in [7, 11) is 0. The summed E-state index contributed by atoms with van der Waals surface area (Å²) in [5.74, 6) is 0.731. The zero-order valence-corrected chi connectivity index (χ0v) is 12.3. The van der Waals surface area contributed by atoms with Crippen molar-refractivity contribution < 1.29 is 9.84 Å². The fourth-order valence-electron chi connectivity index (χ4n) is 2.19. The van der Waals surface area contributed by atoms with E-state index in [1.54, 1.807) is 6.92 Å². The third-order valence-electron chi connectivity index (χ3n) is 3.25. The number of aliphatic hydroxyl groups excluding tert-OH is 1. The van der Waals surface area contributed by atoms with E-state index in [-0.39, 0.29) is 0 Å². The number of benzene rings is 1. The second-order valence-corrected chi connectivity index (χ2v) is 5.08. The first kappa shape index (κ1) is 14.6. The summed E-state index contributed by atoms with van der Waals surface area (Å²) >= 11 is 0. The molecule has 0 radical (unpaired) electrons. The highest BCUT2D eigenvalue weighted by atomic mass is 16.5. The third-order valence-corrected chi connectivity index (χ3v) is 3.25. The van der Waals surface area contributed by atoms with Gasteiger partial charge < -0.3 is 14.4 Å². The minimum absolute atomic E-state index is 0.461. The molecule has 0 spiro atoms. The van der Waals surface area contributed by atoms with Crippen molar-refractivity contribution in [2.45, 2.75) is 46.4 Å². The van der Waals surface area contributed by atoms with Crippen LogP contribution < -0.4 is 4.74 Å². The Bertz CT molecular complexity index is 561. The van der Waals surface area contributed by atoms with Gasteiger partial charge in [-0.05, 0) is 32.4 Å². The normalized spacial score (nSPS) is 12.4. The molecule has 0 aliphatic heterocycles. The summed E-state index contributed by atoms with van der Waals surface area (Å²) in [5.41, 5.74) is 2.99. The molecule has 1 aromatic carbocycles. The number of nitrogens with zero attached hydrogens (tertiary/aromatic N) is 2. The molecule has 20 heavy (non-hydrogen) atoms. The molecule has 0 bridgehead atoms. The average molecular weight is 274 g/mol. The summed E-state index contributed by atoms with van der Waals surface area (Å²) < 4.78 is 7.96. The first-order chi connectivity index (χ1) is 9.61. The lowest BCUT2D eigenvalue weighted by Gasteiger charge is -2.15. The summed E-state index contributed by atoms with van der Waals surface area (Å²) in [6.45, 7) is 7.30. The number of rotatable bonds is 6. The van der Waals surface area contributed by atoms with Gasteiger partial charge in [0.2, 0.25) is 0 Å². The van der Waals surface area contributed by atoms with Gasteiger partial charge in [-0.25, -0.2) is 4.98 Å². The highest BCUT2D eigenvalue weighted by Crippen LogP contribution is 2.26. The number of aromatic nitrogens is 2. The van der Waals surface area contributed by atoms with Gasteiger partial charge in [0.1, 0.15) is 12.4 Å². The topological polar surface area (TPSA) is 47.3 Å². The number of ether oxygens (including phenoxy) is 1. The molecule has 1 atom stereocenters. The van der Waals surface area contributed by atoms with Crippen molar-refractivity contribution in [1.29, 1.82) is 0 Å². The predicted octanol–water partition coefficient (Wildman–Crippen LogP) is 3.23. The molecule has 0 fully saturated rings. The molecule has 1 N–H and O–H groups in total. The van der Waals surface area contributed by atoms with Gasteiger partial charge in [-0.15, -0.1) is 0 Å². The molecule has 0 unspecified atom stereocenters. The van der Waals surface area contributed by atoms with Crippen molar-refractivity contribution in [1.82, 2.24) is 9.55 Å². The number of imidazole rings is 1. The van der Waals surface area contributed by atoms with Crippen molar-refractivity contribution in [3.63, 3.8) is 0 Å². The van der Waals surface area contributed by atoms with Crippen LogP contribution in [0.15, 0.2) is 30.7 Å². The molecule has 0 aliphatic carbocycles. The molecular formula is C16H22N2O2. The highest BCUT2D eigenvalue weighted by molar-refractivity contribution is 5.38. The van der Waals surface area contributed by atoms with Crippen LogP contribution in [0.5, 0.6) is 5.75 Å². The Morgan fingerprint density at radius 2 is 2.20 bits per heavy atom. The van der Waals surface area contributed by atoms with E-state index >= 15 is 0 Å². The monoisotopic (exact) mass is 274 g/mol. The summed E-state index contributed by atoms with van der Waals surface area (Å²) in [6, 6.07) is 5.87. The van der Waals surface area contributed by atoms with Crippen molar-refractivity contribution in [3.05, 3.63) is 47.5 Å². The lowest BCUT2D eigenvalue weighted by atomic mass is 10.1. The van der Waals surface area contributed by atoms with Crippen molar-refractivity contribution >= 4 is 0 Å². The van der Waals surface area contributed by atoms with Gasteiger partial charge in [0.25, 0.3) is 0 Å². The Morgan fingerprint density at radius 1 is 1.40 bits per heavy atom. The van der Waals surface area contributed by atoms with E-state index < -0.39 is 6.10 Å². The lowest BCUT2D eigenvalue weighted by molar-refractivity contribution is 0.189. The van der Waals surface area contributed by atoms with Crippen LogP contribution in [0.1, 0.15) is 43.2 Å². The zero-order valence-electron chi connectivity index (χ0n) is 12.3. The van der Waals surface area contributed by atoms with E-state index in [9.17, 15) is 5.11 Å². The largest absolute Gasteiger partial charge is 0.487 e. The minimum Gasteiger partial charge on any atom is -0.487 e. The molecule has 4 nitrogen and oxygen atoms in total. The molecule has 0 saturated carbocycles. The Morgan fingerprint density at radius 3 is 2.90 bits per heavy atom. The van der Waals surface area contributed by atoms with Crippen LogP contribution in [0.4, 0.5) is 0 Å². The molecule has 1 aromatic heterocycles. The fraction of sp³-hybridized carbons (Fsp3) is 0.438. The number of hydrogen-bond acceptors (Lipinski definition) is 3. The molecule has 0 amide bonds. The van der Waals surface area contributed by atoms with Crippen LogP contribution in [-0.2, 0) is 13.2 Å². The van der Waals surface area contributed by atoms with Crippen molar-refractivity contribution in [3.8, 4) is 5.75 Å². The molecule has 0 saturated heterocycles. The second-order valence-electron chi connectivity index (χ2n) is 5.08. The van der Waals surface area contributed by atoms with Crippen LogP contribution in [0, 0.1) is 6.92 Å². The zero-order chi connectivity index (χ0) is 14.5. The number of hydrogen-bond donors (Lipinski definition) is 1. The van der Waals surface area contributed by atoms with Crippen LogP contribution >= 0.6 is 0 Å². The van der Waals surface area contributed by atoms with Crippen molar-refractivity contribution in [2.75, 3.05) is 0 Å². The van der Waals surface area contributed by atoms with E-state index in [1.807, 2.05) is 37.6 Å². The molecule has 2 rings (SSSR count). The van der Waals surface area contributed by atoms with Crippen molar-refractivity contribution in [2.24, 2.45) is 0 Å². The maximum atomic E-state index is 9.83.